The van der Waals surface area contributed by atoms with Gasteiger partial charge in [0, 0.05) is 4.88 Å². The average molecular weight is 223 g/mol. The van der Waals surface area contributed by atoms with Crippen LogP contribution in [-0.2, 0) is 0 Å². The van der Waals surface area contributed by atoms with Gasteiger partial charge in [0.15, 0.2) is 0 Å². The average Bonchev–Trinajstić information content (AvgIpc) is 2.42. The Balaban J connectivity index is 2.85. The summed E-state index contributed by atoms with van der Waals surface area (Å²) in [5.74, 6) is 0.550. The fraction of sp³-hybridized carbons (Fsp3) is 0.400. The lowest BCUT2D eigenvalue weighted by atomic mass is 10.2. The van der Waals surface area contributed by atoms with Crippen LogP contribution in [0.15, 0.2) is 4.79 Å². The van der Waals surface area contributed by atoms with Crippen LogP contribution in [0.1, 0.15) is 29.2 Å². The van der Waals surface area contributed by atoms with Gasteiger partial charge in [-0.05, 0) is 26.3 Å². The lowest BCUT2D eigenvalue weighted by Crippen LogP contribution is -2.17. The number of rotatable bonds is 1. The van der Waals surface area contributed by atoms with Crippen molar-refractivity contribution < 1.29 is 0 Å². The van der Waals surface area contributed by atoms with Crippen molar-refractivity contribution in [2.45, 2.75) is 26.8 Å². The zero-order valence-corrected chi connectivity index (χ0v) is 9.73. The Bertz CT molecular complexity index is 568. The zero-order chi connectivity index (χ0) is 11.2. The molecule has 1 unspecified atom stereocenters. The number of aromatic nitrogens is 2. The molecule has 5 heteroatoms. The molecule has 0 aliphatic rings. The van der Waals surface area contributed by atoms with Gasteiger partial charge < -0.3 is 10.7 Å². The highest BCUT2D eigenvalue weighted by atomic mass is 32.1. The van der Waals surface area contributed by atoms with E-state index in [1.165, 1.54) is 11.3 Å². The van der Waals surface area contributed by atoms with E-state index in [9.17, 15) is 4.79 Å². The number of H-pyrrole nitrogens is 1. The minimum Gasteiger partial charge on any atom is -0.322 e. The molecule has 0 saturated carbocycles. The minimum absolute atomic E-state index is 0.0887. The van der Waals surface area contributed by atoms with Crippen molar-refractivity contribution in [2.24, 2.45) is 5.73 Å². The van der Waals surface area contributed by atoms with Gasteiger partial charge >= 0.3 is 0 Å². The molecule has 0 saturated heterocycles. The van der Waals surface area contributed by atoms with Crippen molar-refractivity contribution in [1.29, 1.82) is 0 Å². The second-order valence-corrected chi connectivity index (χ2v) is 4.91. The first kappa shape index (κ1) is 10.3. The normalized spacial score (nSPS) is 13.3. The molecule has 0 spiro atoms. The van der Waals surface area contributed by atoms with Gasteiger partial charge in [0.05, 0.1) is 11.4 Å². The van der Waals surface area contributed by atoms with Gasteiger partial charge in [0.2, 0.25) is 0 Å². The second kappa shape index (κ2) is 3.43. The number of fused-ring (bicyclic) bond motifs is 1. The lowest BCUT2D eigenvalue weighted by molar-refractivity contribution is 0.742. The predicted octanol–water partition coefficient (Wildman–Crippen LogP) is 1.62. The molecule has 0 amide bonds. The van der Waals surface area contributed by atoms with Crippen molar-refractivity contribution in [3.05, 3.63) is 26.6 Å². The number of nitrogens with two attached hydrogens (primary N) is 1. The smallest absolute Gasteiger partial charge is 0.259 e. The van der Waals surface area contributed by atoms with E-state index < -0.39 is 0 Å². The summed E-state index contributed by atoms with van der Waals surface area (Å²) in [5, 5.41) is 0.696. The van der Waals surface area contributed by atoms with E-state index >= 15 is 0 Å². The first-order chi connectivity index (χ1) is 7.00. The summed E-state index contributed by atoms with van der Waals surface area (Å²) < 4.78 is 0. The molecule has 1 atom stereocenters. The third-order valence-electron chi connectivity index (χ3n) is 2.49. The number of nitrogens with one attached hydrogen (secondary N) is 1. The Labute approximate surface area is 91.2 Å². The summed E-state index contributed by atoms with van der Waals surface area (Å²) >= 11 is 1.54. The van der Waals surface area contributed by atoms with Crippen LogP contribution in [0.4, 0.5) is 0 Å². The van der Waals surface area contributed by atoms with E-state index in [1.54, 1.807) is 6.92 Å². The lowest BCUT2D eigenvalue weighted by Gasteiger charge is -2.03. The van der Waals surface area contributed by atoms with E-state index in [-0.39, 0.29) is 11.6 Å². The first-order valence-corrected chi connectivity index (χ1v) is 5.58. The SMILES string of the molecule is Cc1sc2nc(C(C)N)[nH]c(=O)c2c1C. The molecule has 0 radical (unpaired) electrons. The van der Waals surface area contributed by atoms with Gasteiger partial charge in [0.25, 0.3) is 5.56 Å². The highest BCUT2D eigenvalue weighted by Gasteiger charge is 2.12. The second-order valence-electron chi connectivity index (χ2n) is 3.70. The molecule has 2 heterocycles. The number of aryl methyl sites for hydroxylation is 2. The molecule has 0 aliphatic carbocycles. The van der Waals surface area contributed by atoms with Crippen molar-refractivity contribution in [3.63, 3.8) is 0 Å². The molecule has 15 heavy (non-hydrogen) atoms. The summed E-state index contributed by atoms with van der Waals surface area (Å²) in [6.07, 6.45) is 0. The Morgan fingerprint density at radius 3 is 2.73 bits per heavy atom. The quantitative estimate of drug-likeness (QED) is 0.771. The van der Waals surface area contributed by atoms with Crippen LogP contribution < -0.4 is 11.3 Å². The number of nitrogens with zero attached hydrogens (tertiary/aromatic N) is 1. The number of aromatic amines is 1. The van der Waals surface area contributed by atoms with Gasteiger partial charge in [-0.25, -0.2) is 4.98 Å². The van der Waals surface area contributed by atoms with Gasteiger partial charge in [-0.15, -0.1) is 11.3 Å². The molecule has 3 N–H and O–H groups in total. The van der Waals surface area contributed by atoms with Crippen molar-refractivity contribution in [1.82, 2.24) is 9.97 Å². The van der Waals surface area contributed by atoms with Gasteiger partial charge in [-0.1, -0.05) is 0 Å². The van der Waals surface area contributed by atoms with E-state index in [2.05, 4.69) is 9.97 Å². The number of hydrogen-bond donors (Lipinski definition) is 2. The number of hydrogen-bond acceptors (Lipinski definition) is 4. The Morgan fingerprint density at radius 1 is 1.47 bits per heavy atom. The fourth-order valence-corrected chi connectivity index (χ4v) is 2.52. The van der Waals surface area contributed by atoms with Crippen LogP contribution in [0.5, 0.6) is 0 Å². The summed E-state index contributed by atoms with van der Waals surface area (Å²) in [5.41, 5.74) is 6.62. The van der Waals surface area contributed by atoms with E-state index in [4.69, 9.17) is 5.73 Å². The van der Waals surface area contributed by atoms with Crippen LogP contribution in [0, 0.1) is 13.8 Å². The van der Waals surface area contributed by atoms with Crippen molar-refractivity contribution in [2.75, 3.05) is 0 Å². The monoisotopic (exact) mass is 223 g/mol. The summed E-state index contributed by atoms with van der Waals surface area (Å²) in [7, 11) is 0. The third-order valence-corrected chi connectivity index (χ3v) is 3.59. The van der Waals surface area contributed by atoms with Crippen molar-refractivity contribution in [3.8, 4) is 0 Å². The molecule has 0 bridgehead atoms. The van der Waals surface area contributed by atoms with Gasteiger partial charge in [-0.3, -0.25) is 4.79 Å². The molecular weight excluding hydrogens is 210 g/mol. The Morgan fingerprint density at radius 2 is 2.13 bits per heavy atom. The summed E-state index contributed by atoms with van der Waals surface area (Å²) in [6.45, 7) is 5.74. The van der Waals surface area contributed by atoms with E-state index in [0.717, 1.165) is 15.3 Å². The predicted molar refractivity (Wildman–Crippen MR) is 62.3 cm³/mol. The van der Waals surface area contributed by atoms with Crippen LogP contribution in [-0.4, -0.2) is 9.97 Å². The maximum absolute atomic E-state index is 11.8. The largest absolute Gasteiger partial charge is 0.322 e. The van der Waals surface area contributed by atoms with Crippen molar-refractivity contribution >= 4 is 21.6 Å². The summed E-state index contributed by atoms with van der Waals surface area (Å²) in [4.78, 5) is 20.8. The van der Waals surface area contributed by atoms with Crippen LogP contribution in [0.3, 0.4) is 0 Å². The molecule has 0 aliphatic heterocycles. The standard InChI is InChI=1S/C10H13N3OS/c1-4-6(3)15-10-7(4)9(14)12-8(13-10)5(2)11/h5H,11H2,1-3H3,(H,12,13,14). The summed E-state index contributed by atoms with van der Waals surface area (Å²) in [6, 6.07) is -0.246. The molecular formula is C10H13N3OS. The first-order valence-electron chi connectivity index (χ1n) is 4.76. The highest BCUT2D eigenvalue weighted by molar-refractivity contribution is 7.18. The molecule has 80 valence electrons. The van der Waals surface area contributed by atoms with E-state index in [1.807, 2.05) is 13.8 Å². The molecule has 2 aromatic rings. The molecule has 2 aromatic heterocycles. The van der Waals surface area contributed by atoms with Crippen LogP contribution in [0.2, 0.25) is 0 Å². The maximum atomic E-state index is 11.8. The molecule has 0 aromatic carbocycles. The molecule has 2 rings (SSSR count). The molecule has 4 nitrogen and oxygen atoms in total. The molecule has 0 fully saturated rings. The van der Waals surface area contributed by atoms with Crippen LogP contribution >= 0.6 is 11.3 Å². The third kappa shape index (κ3) is 1.57. The number of thiophene rings is 1. The maximum Gasteiger partial charge on any atom is 0.259 e. The Hall–Kier alpha value is -1.20. The Kier molecular flexibility index (Phi) is 2.36. The zero-order valence-electron chi connectivity index (χ0n) is 8.92. The highest BCUT2D eigenvalue weighted by Crippen LogP contribution is 2.26. The van der Waals surface area contributed by atoms with Gasteiger partial charge in [-0.2, -0.15) is 0 Å². The van der Waals surface area contributed by atoms with Crippen LogP contribution in [0.25, 0.3) is 10.2 Å². The minimum atomic E-state index is -0.246. The van der Waals surface area contributed by atoms with Gasteiger partial charge in [0.1, 0.15) is 10.7 Å². The fourth-order valence-electron chi connectivity index (χ4n) is 1.49. The topological polar surface area (TPSA) is 71.8 Å². The van der Waals surface area contributed by atoms with E-state index in [0.29, 0.717) is 11.2 Å².